The zero-order chi connectivity index (χ0) is 18.4. The molecule has 0 bridgehead atoms. The van der Waals surface area contributed by atoms with Crippen LogP contribution in [-0.2, 0) is 20.7 Å². The standard InChI is InChI=1S/C19H27N3O4.ClH/c1-25-16-5-3-2-4-14(16)12-18(23)22-9-6-15(7-10-22)21-19(24)17-13-20-8-11-26-17;/h2-5,15,17,20H,6-13H2,1H3,(H,21,24);1H. The first-order valence-corrected chi connectivity index (χ1v) is 9.19. The Labute approximate surface area is 166 Å². The molecule has 150 valence electrons. The number of nitrogens with one attached hydrogen (secondary N) is 2. The van der Waals surface area contributed by atoms with Gasteiger partial charge >= 0.3 is 0 Å². The van der Waals surface area contributed by atoms with Crippen molar-refractivity contribution in [3.8, 4) is 5.75 Å². The molecule has 2 fully saturated rings. The Morgan fingerprint density at radius 3 is 2.70 bits per heavy atom. The van der Waals surface area contributed by atoms with Crippen molar-refractivity contribution < 1.29 is 19.1 Å². The molecule has 27 heavy (non-hydrogen) atoms. The second kappa shape index (κ2) is 10.5. The summed E-state index contributed by atoms with van der Waals surface area (Å²) in [7, 11) is 1.61. The maximum atomic E-state index is 12.6. The van der Waals surface area contributed by atoms with Crippen molar-refractivity contribution >= 4 is 24.2 Å². The predicted octanol–water partition coefficient (Wildman–Crippen LogP) is 0.755. The number of carbonyl (C=O) groups is 2. The average Bonchev–Trinajstić information content (AvgIpc) is 2.69. The van der Waals surface area contributed by atoms with Crippen LogP contribution < -0.4 is 15.4 Å². The van der Waals surface area contributed by atoms with Gasteiger partial charge in [0.05, 0.1) is 20.1 Å². The highest BCUT2D eigenvalue weighted by molar-refractivity contribution is 5.85. The molecule has 0 aliphatic carbocycles. The van der Waals surface area contributed by atoms with Crippen molar-refractivity contribution in [3.63, 3.8) is 0 Å². The molecule has 1 aromatic rings. The maximum absolute atomic E-state index is 12.6. The highest BCUT2D eigenvalue weighted by Crippen LogP contribution is 2.20. The SMILES string of the molecule is COc1ccccc1CC(=O)N1CCC(NC(=O)C2CNCCO2)CC1.Cl. The number of piperidine rings is 1. The number of benzene rings is 1. The van der Waals surface area contributed by atoms with Crippen LogP contribution in [0.25, 0.3) is 0 Å². The van der Waals surface area contributed by atoms with Crippen LogP contribution in [0.4, 0.5) is 0 Å². The van der Waals surface area contributed by atoms with E-state index in [1.54, 1.807) is 7.11 Å². The van der Waals surface area contributed by atoms with E-state index in [4.69, 9.17) is 9.47 Å². The molecule has 2 aliphatic rings. The molecule has 0 radical (unpaired) electrons. The number of carbonyl (C=O) groups excluding carboxylic acids is 2. The van der Waals surface area contributed by atoms with Gasteiger partial charge in [0.15, 0.2) is 0 Å². The number of rotatable bonds is 5. The molecule has 2 saturated heterocycles. The third-order valence-corrected chi connectivity index (χ3v) is 4.95. The molecule has 3 rings (SSSR count). The van der Waals surface area contributed by atoms with Gasteiger partial charge in [0.1, 0.15) is 11.9 Å². The molecule has 1 atom stereocenters. The monoisotopic (exact) mass is 397 g/mol. The van der Waals surface area contributed by atoms with Crippen molar-refractivity contribution in [1.82, 2.24) is 15.5 Å². The highest BCUT2D eigenvalue weighted by Gasteiger charge is 2.28. The van der Waals surface area contributed by atoms with Crippen LogP contribution >= 0.6 is 12.4 Å². The van der Waals surface area contributed by atoms with Gasteiger partial charge in [0.25, 0.3) is 5.91 Å². The number of hydrogen-bond donors (Lipinski definition) is 2. The fraction of sp³-hybridized carbons (Fsp3) is 0.579. The van der Waals surface area contributed by atoms with Crippen LogP contribution in [0.3, 0.4) is 0 Å². The minimum Gasteiger partial charge on any atom is -0.496 e. The van der Waals surface area contributed by atoms with Crippen molar-refractivity contribution in [3.05, 3.63) is 29.8 Å². The van der Waals surface area contributed by atoms with Crippen LogP contribution in [-0.4, -0.2) is 68.8 Å². The number of hydrogen-bond acceptors (Lipinski definition) is 5. The zero-order valence-corrected chi connectivity index (χ0v) is 16.4. The Morgan fingerprint density at radius 2 is 2.04 bits per heavy atom. The number of likely N-dealkylation sites (tertiary alicyclic amines) is 1. The molecule has 1 aromatic carbocycles. The van der Waals surface area contributed by atoms with E-state index in [1.807, 2.05) is 29.2 Å². The van der Waals surface area contributed by atoms with E-state index in [0.29, 0.717) is 32.7 Å². The van der Waals surface area contributed by atoms with E-state index in [1.165, 1.54) is 0 Å². The average molecular weight is 398 g/mol. The summed E-state index contributed by atoms with van der Waals surface area (Å²) in [5.74, 6) is 0.777. The zero-order valence-electron chi connectivity index (χ0n) is 15.6. The summed E-state index contributed by atoms with van der Waals surface area (Å²) < 4.78 is 10.8. The van der Waals surface area contributed by atoms with Crippen molar-refractivity contribution in [1.29, 1.82) is 0 Å². The Morgan fingerprint density at radius 1 is 1.30 bits per heavy atom. The van der Waals surface area contributed by atoms with Crippen molar-refractivity contribution in [2.45, 2.75) is 31.4 Å². The lowest BCUT2D eigenvalue weighted by atomic mass is 10.0. The fourth-order valence-corrected chi connectivity index (χ4v) is 3.42. The van der Waals surface area contributed by atoms with Crippen LogP contribution in [0, 0.1) is 0 Å². The van der Waals surface area contributed by atoms with Gasteiger partial charge in [-0.25, -0.2) is 0 Å². The summed E-state index contributed by atoms with van der Waals surface area (Å²) in [6.07, 6.45) is 1.46. The van der Waals surface area contributed by atoms with Gasteiger partial charge < -0.3 is 25.0 Å². The third-order valence-electron chi connectivity index (χ3n) is 4.95. The largest absolute Gasteiger partial charge is 0.496 e. The Balaban J connectivity index is 0.00000261. The Kier molecular flexibility index (Phi) is 8.34. The second-order valence-corrected chi connectivity index (χ2v) is 6.72. The Hall–Kier alpha value is -1.83. The number of morpholine rings is 1. The summed E-state index contributed by atoms with van der Waals surface area (Å²) in [5.41, 5.74) is 0.900. The first kappa shape index (κ1) is 21.5. The minimum atomic E-state index is -0.408. The quantitative estimate of drug-likeness (QED) is 0.766. The topological polar surface area (TPSA) is 79.9 Å². The number of ether oxygens (including phenoxy) is 2. The first-order chi connectivity index (χ1) is 12.7. The lowest BCUT2D eigenvalue weighted by Crippen LogP contribution is -2.53. The van der Waals surface area contributed by atoms with E-state index >= 15 is 0 Å². The number of nitrogens with zero attached hydrogens (tertiary/aromatic N) is 1. The first-order valence-electron chi connectivity index (χ1n) is 9.19. The van der Waals surface area contributed by atoms with Gasteiger partial charge in [-0.05, 0) is 18.9 Å². The molecular weight excluding hydrogens is 370 g/mol. The summed E-state index contributed by atoms with van der Waals surface area (Å²) >= 11 is 0. The second-order valence-electron chi connectivity index (χ2n) is 6.72. The normalized spacial score (nSPS) is 20.5. The van der Waals surface area contributed by atoms with Gasteiger partial charge in [-0.3, -0.25) is 9.59 Å². The van der Waals surface area contributed by atoms with Crippen LogP contribution in [0.2, 0.25) is 0 Å². The van der Waals surface area contributed by atoms with Gasteiger partial charge in [0, 0.05) is 37.8 Å². The summed E-state index contributed by atoms with van der Waals surface area (Å²) in [4.78, 5) is 26.7. The molecule has 0 spiro atoms. The summed E-state index contributed by atoms with van der Waals surface area (Å²) in [5, 5.41) is 6.21. The molecule has 2 heterocycles. The smallest absolute Gasteiger partial charge is 0.250 e. The van der Waals surface area contributed by atoms with E-state index in [9.17, 15) is 9.59 Å². The lowest BCUT2D eigenvalue weighted by Gasteiger charge is -2.33. The molecule has 2 amide bonds. The fourth-order valence-electron chi connectivity index (χ4n) is 3.42. The molecule has 2 aliphatic heterocycles. The molecule has 8 heteroatoms. The van der Waals surface area contributed by atoms with E-state index in [2.05, 4.69) is 10.6 Å². The number of methoxy groups -OCH3 is 1. The van der Waals surface area contributed by atoms with E-state index in [0.717, 1.165) is 30.7 Å². The molecular formula is C19H28ClN3O4. The highest BCUT2D eigenvalue weighted by atomic mass is 35.5. The van der Waals surface area contributed by atoms with Crippen molar-refractivity contribution in [2.24, 2.45) is 0 Å². The van der Waals surface area contributed by atoms with E-state index in [-0.39, 0.29) is 30.3 Å². The maximum Gasteiger partial charge on any atom is 0.250 e. The van der Waals surface area contributed by atoms with Crippen LogP contribution in [0.1, 0.15) is 18.4 Å². The van der Waals surface area contributed by atoms with Crippen molar-refractivity contribution in [2.75, 3.05) is 39.9 Å². The van der Waals surface area contributed by atoms with Crippen LogP contribution in [0.15, 0.2) is 24.3 Å². The third kappa shape index (κ3) is 5.82. The molecule has 1 unspecified atom stereocenters. The number of para-hydroxylation sites is 1. The molecule has 2 N–H and O–H groups in total. The molecule has 7 nitrogen and oxygen atoms in total. The predicted molar refractivity (Wildman–Crippen MR) is 104 cm³/mol. The number of amides is 2. The molecule has 0 aromatic heterocycles. The molecule has 0 saturated carbocycles. The van der Waals surface area contributed by atoms with E-state index < -0.39 is 6.10 Å². The Bertz CT molecular complexity index is 629. The summed E-state index contributed by atoms with van der Waals surface area (Å²) in [6, 6.07) is 7.69. The van der Waals surface area contributed by atoms with Crippen LogP contribution in [0.5, 0.6) is 5.75 Å². The minimum absolute atomic E-state index is 0. The van der Waals surface area contributed by atoms with Gasteiger partial charge in [0.2, 0.25) is 5.91 Å². The number of halogens is 1. The van der Waals surface area contributed by atoms with Gasteiger partial charge in [-0.2, -0.15) is 0 Å². The lowest BCUT2D eigenvalue weighted by molar-refractivity contribution is -0.135. The van der Waals surface area contributed by atoms with Gasteiger partial charge in [-0.15, -0.1) is 12.4 Å². The summed E-state index contributed by atoms with van der Waals surface area (Å²) in [6.45, 7) is 3.22. The van der Waals surface area contributed by atoms with Gasteiger partial charge in [-0.1, -0.05) is 18.2 Å².